The second kappa shape index (κ2) is 5.02. The lowest BCUT2D eigenvalue weighted by Gasteiger charge is -2.47. The highest BCUT2D eigenvalue weighted by molar-refractivity contribution is 9.12. The number of rotatable bonds is 0. The zero-order chi connectivity index (χ0) is 17.1. The topological polar surface area (TPSA) is 61.2 Å². The molecular weight excluding hydrogens is 368 g/mol. The van der Waals surface area contributed by atoms with Gasteiger partial charge in [0.25, 0.3) is 0 Å². The van der Waals surface area contributed by atoms with Gasteiger partial charge in [-0.05, 0) is 55.7 Å². The molecule has 2 unspecified atom stereocenters. The summed E-state index contributed by atoms with van der Waals surface area (Å²) in [5.41, 5.74) is 0.982. The number of hydrogen-bond donors (Lipinski definition) is 0. The van der Waals surface area contributed by atoms with Gasteiger partial charge in [0, 0.05) is 13.6 Å². The van der Waals surface area contributed by atoms with Crippen LogP contribution in [0, 0.1) is 22.7 Å². The molecule has 1 spiro atoms. The van der Waals surface area contributed by atoms with Crippen molar-refractivity contribution in [3.05, 3.63) is 56.9 Å². The maximum Gasteiger partial charge on any atom is 0.243 e. The van der Waals surface area contributed by atoms with E-state index in [4.69, 9.17) is 0 Å². The number of amides is 1. The van der Waals surface area contributed by atoms with Crippen molar-refractivity contribution in [1.29, 1.82) is 5.26 Å². The van der Waals surface area contributed by atoms with E-state index in [1.165, 1.54) is 0 Å². The molecule has 5 heteroatoms. The standard InChI is InChI=1S/C19H13BrN2O2/c1-22-10-19-8-15(20)16(23)7-12(19)6-11-4-2-3-5-13(11)17(19)14(9-21)18(22)24/h2-8,14H,10H2,1H3. The molecule has 2 atom stereocenters. The molecule has 1 aliphatic heterocycles. The number of carbonyl (C=O) groups is 2. The van der Waals surface area contributed by atoms with Crippen LogP contribution in [0.25, 0.3) is 11.6 Å². The molecule has 2 aliphatic carbocycles. The third-order valence-corrected chi connectivity index (χ3v) is 5.60. The Labute approximate surface area is 147 Å². The molecule has 4 rings (SSSR count). The van der Waals surface area contributed by atoms with E-state index in [0.29, 0.717) is 11.0 Å². The highest BCUT2D eigenvalue weighted by atomic mass is 79.9. The Morgan fingerprint density at radius 2 is 2.04 bits per heavy atom. The van der Waals surface area contributed by atoms with E-state index in [1.807, 2.05) is 36.4 Å². The minimum Gasteiger partial charge on any atom is -0.343 e. The smallest absolute Gasteiger partial charge is 0.243 e. The lowest BCUT2D eigenvalue weighted by atomic mass is 9.62. The third-order valence-electron chi connectivity index (χ3n) is 4.98. The van der Waals surface area contributed by atoms with Crippen LogP contribution in [0.3, 0.4) is 0 Å². The van der Waals surface area contributed by atoms with Crippen molar-refractivity contribution >= 4 is 39.3 Å². The van der Waals surface area contributed by atoms with E-state index in [2.05, 4.69) is 22.0 Å². The van der Waals surface area contributed by atoms with Crippen molar-refractivity contribution in [3.8, 4) is 6.07 Å². The minimum atomic E-state index is -0.855. The second-order valence-corrected chi connectivity index (χ2v) is 7.18. The largest absolute Gasteiger partial charge is 0.343 e. The summed E-state index contributed by atoms with van der Waals surface area (Å²) < 4.78 is 0.468. The quantitative estimate of drug-likeness (QED) is 0.674. The lowest BCUT2D eigenvalue weighted by Crippen LogP contribution is -2.55. The number of allylic oxidation sites excluding steroid dienone is 2. The van der Waals surface area contributed by atoms with Crippen molar-refractivity contribution in [2.24, 2.45) is 11.3 Å². The lowest BCUT2D eigenvalue weighted by molar-refractivity contribution is -0.133. The molecular formula is C19H13BrN2O2. The summed E-state index contributed by atoms with van der Waals surface area (Å²) >= 11 is 3.34. The fourth-order valence-electron chi connectivity index (χ4n) is 3.94. The summed E-state index contributed by atoms with van der Waals surface area (Å²) in [4.78, 5) is 26.3. The first kappa shape index (κ1) is 15.1. The number of ketones is 1. The van der Waals surface area contributed by atoms with Gasteiger partial charge in [-0.2, -0.15) is 5.26 Å². The summed E-state index contributed by atoms with van der Waals surface area (Å²) in [6, 6.07) is 9.89. The van der Waals surface area contributed by atoms with E-state index in [-0.39, 0.29) is 11.7 Å². The Balaban J connectivity index is 2.18. The molecule has 1 aromatic carbocycles. The molecule has 0 saturated carbocycles. The van der Waals surface area contributed by atoms with Gasteiger partial charge in [0.2, 0.25) is 5.91 Å². The molecule has 24 heavy (non-hydrogen) atoms. The SMILES string of the molecule is CN1CC23C=C(Br)C(=O)C=C2C=c2ccccc2=C3C(C#N)C1=O. The highest BCUT2D eigenvalue weighted by Crippen LogP contribution is 2.50. The van der Waals surface area contributed by atoms with Crippen molar-refractivity contribution in [1.82, 2.24) is 4.90 Å². The van der Waals surface area contributed by atoms with Gasteiger partial charge in [-0.1, -0.05) is 24.3 Å². The molecule has 0 bridgehead atoms. The van der Waals surface area contributed by atoms with Crippen molar-refractivity contribution in [3.63, 3.8) is 0 Å². The number of hydrogen-bond acceptors (Lipinski definition) is 3. The van der Waals surface area contributed by atoms with E-state index in [1.54, 1.807) is 18.0 Å². The number of piperidine rings is 1. The van der Waals surface area contributed by atoms with Crippen LogP contribution in [0.5, 0.6) is 0 Å². The van der Waals surface area contributed by atoms with Crippen LogP contribution >= 0.6 is 15.9 Å². The number of likely N-dealkylation sites (tertiary alicyclic amines) is 1. The molecule has 1 fully saturated rings. The summed E-state index contributed by atoms with van der Waals surface area (Å²) in [5, 5.41) is 11.5. The van der Waals surface area contributed by atoms with Crippen LogP contribution < -0.4 is 10.4 Å². The Morgan fingerprint density at radius 1 is 1.29 bits per heavy atom. The minimum absolute atomic E-state index is 0.0985. The Hall–Kier alpha value is -2.45. The maximum absolute atomic E-state index is 12.6. The Kier molecular flexibility index (Phi) is 3.16. The number of nitriles is 1. The van der Waals surface area contributed by atoms with E-state index < -0.39 is 11.3 Å². The Morgan fingerprint density at radius 3 is 2.79 bits per heavy atom. The van der Waals surface area contributed by atoms with Gasteiger partial charge in [-0.3, -0.25) is 9.59 Å². The van der Waals surface area contributed by atoms with Crippen molar-refractivity contribution < 1.29 is 9.59 Å². The van der Waals surface area contributed by atoms with E-state index in [9.17, 15) is 14.9 Å². The summed E-state index contributed by atoms with van der Waals surface area (Å²) in [7, 11) is 1.70. The molecule has 3 aliphatic rings. The average Bonchev–Trinajstić information content (AvgIpc) is 2.56. The predicted octanol–water partition coefficient (Wildman–Crippen LogP) is 1.02. The normalized spacial score (nSPS) is 28.0. The van der Waals surface area contributed by atoms with Gasteiger partial charge < -0.3 is 4.90 Å². The molecule has 4 nitrogen and oxygen atoms in total. The molecule has 1 heterocycles. The maximum atomic E-state index is 12.6. The number of nitrogens with zero attached hydrogens (tertiary/aromatic N) is 2. The monoisotopic (exact) mass is 380 g/mol. The van der Waals surface area contributed by atoms with E-state index >= 15 is 0 Å². The summed E-state index contributed by atoms with van der Waals surface area (Å²) in [6.45, 7) is 0.415. The highest BCUT2D eigenvalue weighted by Gasteiger charge is 2.51. The van der Waals surface area contributed by atoms with Crippen LogP contribution in [0.1, 0.15) is 0 Å². The number of halogens is 1. The number of fused-ring (bicyclic) bond motifs is 1. The van der Waals surface area contributed by atoms with Gasteiger partial charge in [0.1, 0.15) is 5.92 Å². The number of benzene rings is 1. The van der Waals surface area contributed by atoms with Gasteiger partial charge in [-0.15, -0.1) is 0 Å². The first-order valence-electron chi connectivity index (χ1n) is 7.59. The van der Waals surface area contributed by atoms with Crippen LogP contribution in [0.2, 0.25) is 0 Å². The predicted molar refractivity (Wildman–Crippen MR) is 92.8 cm³/mol. The molecule has 1 saturated heterocycles. The molecule has 0 aromatic heterocycles. The zero-order valence-corrected chi connectivity index (χ0v) is 14.5. The molecule has 1 aromatic rings. The van der Waals surface area contributed by atoms with Crippen LogP contribution in [-0.4, -0.2) is 30.2 Å². The van der Waals surface area contributed by atoms with E-state index in [0.717, 1.165) is 21.6 Å². The fraction of sp³-hybridized carbons (Fsp3) is 0.211. The first-order valence-corrected chi connectivity index (χ1v) is 8.38. The summed E-state index contributed by atoms with van der Waals surface area (Å²) in [5.74, 6) is -1.15. The first-order chi connectivity index (χ1) is 11.5. The Bertz CT molecular complexity index is 1030. The van der Waals surface area contributed by atoms with Crippen molar-refractivity contribution in [2.75, 3.05) is 13.6 Å². The van der Waals surface area contributed by atoms with Crippen LogP contribution in [-0.2, 0) is 9.59 Å². The van der Waals surface area contributed by atoms with Gasteiger partial charge >= 0.3 is 0 Å². The summed E-state index contributed by atoms with van der Waals surface area (Å²) in [6.07, 6.45) is 5.46. The average molecular weight is 381 g/mol. The number of carbonyl (C=O) groups excluding carboxylic acids is 2. The third kappa shape index (κ3) is 1.83. The second-order valence-electron chi connectivity index (χ2n) is 6.33. The fourth-order valence-corrected chi connectivity index (χ4v) is 4.45. The van der Waals surface area contributed by atoms with Gasteiger partial charge in [0.15, 0.2) is 5.78 Å². The molecule has 118 valence electrons. The molecule has 0 N–H and O–H groups in total. The zero-order valence-electron chi connectivity index (χ0n) is 12.9. The molecule has 1 amide bonds. The van der Waals surface area contributed by atoms with Crippen LogP contribution in [0.15, 0.2) is 46.5 Å². The van der Waals surface area contributed by atoms with Gasteiger partial charge in [0.05, 0.1) is 16.0 Å². The van der Waals surface area contributed by atoms with Gasteiger partial charge in [-0.25, -0.2) is 0 Å². The molecule has 0 radical (unpaired) electrons. The van der Waals surface area contributed by atoms with Crippen LogP contribution in [0.4, 0.5) is 0 Å². The van der Waals surface area contributed by atoms with Crippen molar-refractivity contribution in [2.45, 2.75) is 0 Å².